The second-order valence-electron chi connectivity index (χ2n) is 10.7. The highest BCUT2D eigenvalue weighted by Gasteiger charge is 2.42. The zero-order chi connectivity index (χ0) is 26.5. The lowest BCUT2D eigenvalue weighted by molar-refractivity contribution is -0.137. The lowest BCUT2D eigenvalue weighted by Gasteiger charge is -2.46. The van der Waals surface area contributed by atoms with Crippen LogP contribution in [0.25, 0.3) is 13.2 Å². The molecule has 1 aromatic rings. The number of alkyl carbamates (subject to hydrolysis) is 2. The zero-order valence-corrected chi connectivity index (χ0v) is 21.3. The largest absolute Gasteiger partial charge is 0.448 e. The summed E-state index contributed by atoms with van der Waals surface area (Å²) in [5, 5.41) is 7.40. The summed E-state index contributed by atoms with van der Waals surface area (Å²) in [6.07, 6.45) is 3.59. The third-order valence-corrected chi connectivity index (χ3v) is 6.58. The number of rotatable bonds is 9. The number of carbonyl (C=O) groups is 4. The van der Waals surface area contributed by atoms with Gasteiger partial charge >= 0.3 is 12.2 Å². The van der Waals surface area contributed by atoms with Crippen LogP contribution in [0.4, 0.5) is 9.59 Å². The van der Waals surface area contributed by atoms with Gasteiger partial charge in [0.05, 0.1) is 13.1 Å². The average Bonchev–Trinajstić information content (AvgIpc) is 3.26. The summed E-state index contributed by atoms with van der Waals surface area (Å²) < 4.78 is 12.4. The Kier molecular flexibility index (Phi) is 8.27. The van der Waals surface area contributed by atoms with E-state index < -0.39 is 24.0 Å². The van der Waals surface area contributed by atoms with E-state index in [9.17, 15) is 19.2 Å². The maximum absolute atomic E-state index is 12.5. The number of hydrogen-bond donors (Lipinski definition) is 2. The molecule has 0 bridgehead atoms. The average molecular weight is 501 g/mol. The molecule has 3 rings (SSSR count). The van der Waals surface area contributed by atoms with Gasteiger partial charge < -0.3 is 24.7 Å². The van der Waals surface area contributed by atoms with Crippen LogP contribution in [0, 0.1) is 10.8 Å². The predicted octanol–water partition coefficient (Wildman–Crippen LogP) is 1.27. The van der Waals surface area contributed by atoms with E-state index in [0.29, 0.717) is 19.5 Å². The number of aromatic nitrogens is 1. The van der Waals surface area contributed by atoms with Crippen LogP contribution < -0.4 is 21.3 Å². The molecule has 2 unspecified atom stereocenters. The summed E-state index contributed by atoms with van der Waals surface area (Å²) >= 11 is 0. The Bertz CT molecular complexity index is 1090. The van der Waals surface area contributed by atoms with Crippen molar-refractivity contribution in [3.8, 4) is 0 Å². The fourth-order valence-corrected chi connectivity index (χ4v) is 5.37. The first-order chi connectivity index (χ1) is 16.9. The summed E-state index contributed by atoms with van der Waals surface area (Å²) in [4.78, 5) is 48.8. The minimum absolute atomic E-state index is 0.00693. The Morgan fingerprint density at radius 2 is 1.56 bits per heavy atom. The lowest BCUT2D eigenvalue weighted by atomic mass is 9.62. The van der Waals surface area contributed by atoms with E-state index in [2.05, 4.69) is 44.6 Å². The molecule has 1 aromatic heterocycles. The molecule has 2 atom stereocenters. The number of nitrogens with one attached hydrogen (secondary N) is 2. The van der Waals surface area contributed by atoms with E-state index in [1.807, 2.05) is 16.7 Å². The van der Waals surface area contributed by atoms with Gasteiger partial charge in [0.1, 0.15) is 13.2 Å². The van der Waals surface area contributed by atoms with Crippen LogP contribution in [0.3, 0.4) is 0 Å². The Morgan fingerprint density at radius 1 is 0.972 bits per heavy atom. The number of carbonyl (C=O) groups excluding carboxylic acids is 4. The van der Waals surface area contributed by atoms with Gasteiger partial charge in [-0.1, -0.05) is 33.9 Å². The molecule has 4 amide bonds. The third kappa shape index (κ3) is 7.22. The van der Waals surface area contributed by atoms with Gasteiger partial charge in [0.2, 0.25) is 0 Å². The van der Waals surface area contributed by atoms with Crippen molar-refractivity contribution >= 4 is 37.2 Å². The van der Waals surface area contributed by atoms with Crippen molar-refractivity contribution < 1.29 is 28.7 Å². The Morgan fingerprint density at radius 3 is 2.19 bits per heavy atom. The minimum Gasteiger partial charge on any atom is -0.448 e. The standard InChI is InChI=1S/C26H36N4O6/c1-18-6-7-19(2)29(18)10-12-36-24(34)28-20-14-25(3,4)16-26(5,15-20)17-27-23(33)35-13-11-30-21(31)8-9-22(30)32/h6-9,20H,1-2,10-17H2,3-5H3,(H,27,33)(H,28,34). The molecule has 2 heterocycles. The third-order valence-electron chi connectivity index (χ3n) is 6.58. The van der Waals surface area contributed by atoms with Gasteiger partial charge in [-0.15, -0.1) is 0 Å². The maximum Gasteiger partial charge on any atom is 0.407 e. The van der Waals surface area contributed by atoms with Crippen LogP contribution in [-0.4, -0.2) is 65.8 Å². The summed E-state index contributed by atoms with van der Waals surface area (Å²) in [6.45, 7) is 15.2. The van der Waals surface area contributed by atoms with Crippen molar-refractivity contribution in [3.05, 3.63) is 35.0 Å². The SMILES string of the molecule is C=c1ccc(=C)n1CCOC(=O)NC1CC(C)(C)CC(C)(CNC(=O)OCCN2C(=O)C=CC2=O)C1. The quantitative estimate of drug-likeness (QED) is 0.493. The van der Waals surface area contributed by atoms with Crippen LogP contribution in [-0.2, 0) is 25.6 Å². The van der Waals surface area contributed by atoms with Gasteiger partial charge in [-0.2, -0.15) is 0 Å². The molecule has 1 fully saturated rings. The molecule has 2 N–H and O–H groups in total. The van der Waals surface area contributed by atoms with Crippen molar-refractivity contribution in [2.24, 2.45) is 10.8 Å². The fourth-order valence-electron chi connectivity index (χ4n) is 5.37. The molecule has 1 aliphatic heterocycles. The van der Waals surface area contributed by atoms with Crippen molar-refractivity contribution in [1.29, 1.82) is 0 Å². The number of ether oxygens (including phenoxy) is 2. The topological polar surface area (TPSA) is 119 Å². The summed E-state index contributed by atoms with van der Waals surface area (Å²) in [5.41, 5.74) is -0.336. The molecule has 0 aromatic carbocycles. The van der Waals surface area contributed by atoms with Gasteiger partial charge in [0.25, 0.3) is 11.8 Å². The highest BCUT2D eigenvalue weighted by atomic mass is 16.6. The van der Waals surface area contributed by atoms with Crippen molar-refractivity contribution in [2.75, 3.05) is 26.3 Å². The predicted molar refractivity (Wildman–Crippen MR) is 134 cm³/mol. The summed E-state index contributed by atoms with van der Waals surface area (Å²) in [7, 11) is 0. The normalized spacial score (nSPS) is 23.0. The second-order valence-corrected chi connectivity index (χ2v) is 10.7. The van der Waals surface area contributed by atoms with Crippen LogP contribution in [0.2, 0.25) is 0 Å². The van der Waals surface area contributed by atoms with Gasteiger partial charge in [-0.3, -0.25) is 14.5 Å². The molecule has 10 heteroatoms. The van der Waals surface area contributed by atoms with Gasteiger partial charge in [-0.25, -0.2) is 9.59 Å². The Labute approximate surface area is 211 Å². The smallest absolute Gasteiger partial charge is 0.407 e. The van der Waals surface area contributed by atoms with E-state index in [0.717, 1.165) is 28.4 Å². The van der Waals surface area contributed by atoms with Gasteiger partial charge in [0, 0.05) is 35.4 Å². The van der Waals surface area contributed by atoms with Crippen LogP contribution >= 0.6 is 0 Å². The Hall–Kier alpha value is -3.56. The van der Waals surface area contributed by atoms with E-state index in [1.54, 1.807) is 0 Å². The molecular weight excluding hydrogens is 464 g/mol. The molecule has 1 saturated carbocycles. The lowest BCUT2D eigenvalue weighted by Crippen LogP contribution is -2.50. The van der Waals surface area contributed by atoms with E-state index >= 15 is 0 Å². The van der Waals surface area contributed by atoms with Gasteiger partial charge in [0.15, 0.2) is 0 Å². The monoisotopic (exact) mass is 500 g/mol. The summed E-state index contributed by atoms with van der Waals surface area (Å²) in [6, 6.07) is 3.62. The van der Waals surface area contributed by atoms with E-state index in [4.69, 9.17) is 9.47 Å². The van der Waals surface area contributed by atoms with Crippen LogP contribution in [0.15, 0.2) is 24.3 Å². The second kappa shape index (κ2) is 11.0. The first kappa shape index (κ1) is 27.0. The minimum atomic E-state index is -0.616. The highest BCUT2D eigenvalue weighted by Crippen LogP contribution is 2.45. The first-order valence-corrected chi connectivity index (χ1v) is 12.1. The molecule has 196 valence electrons. The highest BCUT2D eigenvalue weighted by molar-refractivity contribution is 6.12. The molecule has 0 spiro atoms. The zero-order valence-electron chi connectivity index (χ0n) is 21.3. The van der Waals surface area contributed by atoms with Crippen LogP contribution in [0.5, 0.6) is 0 Å². The molecule has 2 aliphatic rings. The molecule has 0 radical (unpaired) electrons. The van der Waals surface area contributed by atoms with Gasteiger partial charge in [-0.05, 0) is 42.2 Å². The van der Waals surface area contributed by atoms with E-state index in [1.165, 1.54) is 12.2 Å². The molecule has 1 aliphatic carbocycles. The number of imide groups is 1. The molecule has 36 heavy (non-hydrogen) atoms. The van der Waals surface area contributed by atoms with Crippen molar-refractivity contribution in [2.45, 2.75) is 52.6 Å². The molecule has 0 saturated heterocycles. The fraction of sp³-hybridized carbons (Fsp3) is 0.538. The molecule has 10 nitrogen and oxygen atoms in total. The maximum atomic E-state index is 12.5. The Balaban J connectivity index is 1.44. The van der Waals surface area contributed by atoms with Crippen molar-refractivity contribution in [1.82, 2.24) is 20.1 Å². The molecular formula is C26H36N4O6. The summed E-state index contributed by atoms with van der Waals surface area (Å²) in [5.74, 6) is -0.830. The number of amides is 4. The van der Waals surface area contributed by atoms with E-state index in [-0.39, 0.29) is 36.6 Å². The number of hydrogen-bond acceptors (Lipinski definition) is 6. The van der Waals surface area contributed by atoms with Crippen LogP contribution in [0.1, 0.15) is 40.0 Å². The first-order valence-electron chi connectivity index (χ1n) is 12.1. The number of nitrogens with zero attached hydrogens (tertiary/aromatic N) is 2. The van der Waals surface area contributed by atoms with Crippen molar-refractivity contribution in [3.63, 3.8) is 0 Å².